The van der Waals surface area contributed by atoms with Crippen molar-refractivity contribution in [2.45, 2.75) is 25.9 Å². The van der Waals surface area contributed by atoms with E-state index in [1.165, 1.54) is 0 Å². The van der Waals surface area contributed by atoms with Crippen LogP contribution in [0.2, 0.25) is 0 Å². The molecule has 0 radical (unpaired) electrons. The minimum absolute atomic E-state index is 0.331. The third-order valence-electron chi connectivity index (χ3n) is 1.93. The molecular formula is C6H16N4O. The summed E-state index contributed by atoms with van der Waals surface area (Å²) in [6.45, 7) is 4.37. The van der Waals surface area contributed by atoms with E-state index in [0.29, 0.717) is 24.5 Å². The number of hydrogen-bond acceptors (Lipinski definition) is 3. The molecule has 0 amide bonds. The minimum atomic E-state index is -0.834. The van der Waals surface area contributed by atoms with E-state index >= 15 is 0 Å². The molecule has 0 aromatic heterocycles. The summed E-state index contributed by atoms with van der Waals surface area (Å²) in [5.41, 5.74) is 4.42. The van der Waals surface area contributed by atoms with Gasteiger partial charge in [-0.05, 0) is 5.18 Å². The van der Waals surface area contributed by atoms with Gasteiger partial charge in [0.15, 0.2) is 0 Å². The molecule has 0 bridgehead atoms. The van der Waals surface area contributed by atoms with Crippen LogP contribution in [0.15, 0.2) is 5.18 Å². The summed E-state index contributed by atoms with van der Waals surface area (Å²) in [5.74, 6) is 7.47. The average molecular weight is 160 g/mol. The molecule has 0 aliphatic carbocycles. The summed E-state index contributed by atoms with van der Waals surface area (Å²) in [6, 6.07) is 0. The zero-order valence-electron chi connectivity index (χ0n) is 7.05. The normalized spacial score (nSPS) is 18.9. The maximum Gasteiger partial charge on any atom is 0.217 e. The van der Waals surface area contributed by atoms with E-state index in [9.17, 15) is 4.91 Å². The summed E-state index contributed by atoms with van der Waals surface area (Å²) in [7, 11) is 0. The second-order valence-electron chi connectivity index (χ2n) is 2.74. The highest BCUT2D eigenvalue weighted by Gasteiger charge is 2.28. The fourth-order valence-corrected chi connectivity index (χ4v) is 0.747. The van der Waals surface area contributed by atoms with E-state index in [4.69, 9.17) is 11.6 Å². The van der Waals surface area contributed by atoms with Gasteiger partial charge in [-0.25, -0.2) is 0 Å². The molecular weight excluding hydrogens is 144 g/mol. The number of quaternary nitrogens is 1. The largest absolute Gasteiger partial charge is 0.467 e. The Morgan fingerprint density at radius 1 is 1.73 bits per heavy atom. The second kappa shape index (κ2) is 4.38. The molecule has 0 aliphatic rings. The summed E-state index contributed by atoms with van der Waals surface area (Å²) < 4.78 is 0. The fraction of sp³-hybridized carbons (Fsp3) is 1.00. The molecule has 66 valence electrons. The first-order chi connectivity index (χ1) is 5.10. The standard InChI is InChI=1S/C6H16N4O/c1-3-6(2,9-11)10(8)5-4-7/h8,10H,3-5,7H2,1-2H3. The van der Waals surface area contributed by atoms with Crippen molar-refractivity contribution in [2.75, 3.05) is 13.1 Å². The van der Waals surface area contributed by atoms with Crippen molar-refractivity contribution in [2.24, 2.45) is 10.9 Å². The van der Waals surface area contributed by atoms with Crippen LogP contribution in [0.3, 0.4) is 0 Å². The van der Waals surface area contributed by atoms with E-state index in [1.54, 1.807) is 6.92 Å². The van der Waals surface area contributed by atoms with Crippen molar-refractivity contribution in [3.63, 3.8) is 0 Å². The van der Waals surface area contributed by atoms with Crippen LogP contribution in [0, 0.1) is 4.91 Å². The Morgan fingerprint density at radius 3 is 2.55 bits per heavy atom. The van der Waals surface area contributed by atoms with Gasteiger partial charge in [-0.3, -0.25) is 0 Å². The first-order valence-corrected chi connectivity index (χ1v) is 3.73. The number of hydrogen-bond donors (Lipinski definition) is 2. The summed E-state index contributed by atoms with van der Waals surface area (Å²) >= 11 is 0. The highest BCUT2D eigenvalue weighted by atomic mass is 16.3. The lowest BCUT2D eigenvalue weighted by Crippen LogP contribution is -3.14. The van der Waals surface area contributed by atoms with Crippen LogP contribution in [0.25, 0.3) is 5.84 Å². The van der Waals surface area contributed by atoms with Crippen molar-refractivity contribution in [3.8, 4) is 0 Å². The Hall–Kier alpha value is -0.520. The highest BCUT2D eigenvalue weighted by Crippen LogP contribution is 2.04. The lowest BCUT2D eigenvalue weighted by Gasteiger charge is -2.33. The zero-order chi connectivity index (χ0) is 8.91. The van der Waals surface area contributed by atoms with E-state index in [0.717, 1.165) is 0 Å². The molecule has 0 saturated carbocycles. The predicted molar refractivity (Wildman–Crippen MR) is 43.7 cm³/mol. The Kier molecular flexibility index (Phi) is 4.17. The predicted octanol–water partition coefficient (Wildman–Crippen LogP) is -0.310. The van der Waals surface area contributed by atoms with Crippen LogP contribution in [0.5, 0.6) is 0 Å². The molecule has 0 aromatic carbocycles. The molecule has 0 aromatic rings. The molecule has 0 aliphatic heterocycles. The number of nitrogens with one attached hydrogen (secondary N) is 2. The number of nitrogens with two attached hydrogens (primary N) is 1. The fourth-order valence-electron chi connectivity index (χ4n) is 0.747. The van der Waals surface area contributed by atoms with Crippen molar-refractivity contribution < 1.29 is 5.01 Å². The van der Waals surface area contributed by atoms with Crippen LogP contribution in [-0.4, -0.2) is 18.8 Å². The Bertz CT molecular complexity index is 130. The smallest absolute Gasteiger partial charge is 0.217 e. The van der Waals surface area contributed by atoms with E-state index in [2.05, 4.69) is 5.18 Å². The van der Waals surface area contributed by atoms with E-state index in [1.807, 2.05) is 6.92 Å². The summed E-state index contributed by atoms with van der Waals surface area (Å²) in [5, 5.41) is 3.26. The Balaban J connectivity index is 4.11. The number of nitroso groups, excluding NO2 is 1. The second-order valence-corrected chi connectivity index (χ2v) is 2.74. The van der Waals surface area contributed by atoms with Crippen LogP contribution >= 0.6 is 0 Å². The van der Waals surface area contributed by atoms with Gasteiger partial charge in [0.05, 0.1) is 6.54 Å². The molecule has 0 heterocycles. The molecule has 0 spiro atoms. The molecule has 2 unspecified atom stereocenters. The van der Waals surface area contributed by atoms with Crippen molar-refractivity contribution in [1.29, 1.82) is 0 Å². The Labute approximate surface area is 66.7 Å². The monoisotopic (exact) mass is 160 g/mol. The van der Waals surface area contributed by atoms with E-state index in [-0.39, 0.29) is 0 Å². The molecule has 0 fully saturated rings. The van der Waals surface area contributed by atoms with Gasteiger partial charge in [0.2, 0.25) is 5.66 Å². The van der Waals surface area contributed by atoms with Gasteiger partial charge in [-0.1, -0.05) is 6.92 Å². The number of nitrogens with zero attached hydrogens (tertiary/aromatic N) is 1. The highest BCUT2D eigenvalue weighted by molar-refractivity contribution is 4.66. The van der Waals surface area contributed by atoms with Gasteiger partial charge in [0, 0.05) is 19.9 Å². The van der Waals surface area contributed by atoms with Gasteiger partial charge in [-0.2, -0.15) is 0 Å². The third kappa shape index (κ3) is 2.53. The van der Waals surface area contributed by atoms with Crippen molar-refractivity contribution in [1.82, 2.24) is 0 Å². The summed E-state index contributed by atoms with van der Waals surface area (Å²) in [4.78, 5) is 10.3. The topological polar surface area (TPSA) is 83.7 Å². The Morgan fingerprint density at radius 2 is 2.27 bits per heavy atom. The molecule has 11 heavy (non-hydrogen) atoms. The van der Waals surface area contributed by atoms with Crippen LogP contribution in [0.1, 0.15) is 20.3 Å². The van der Waals surface area contributed by atoms with Gasteiger partial charge >= 0.3 is 0 Å². The minimum Gasteiger partial charge on any atom is -0.467 e. The molecule has 2 atom stereocenters. The maximum absolute atomic E-state index is 10.3. The van der Waals surface area contributed by atoms with Crippen LogP contribution < -0.4 is 10.7 Å². The molecule has 0 saturated heterocycles. The SMILES string of the molecule is CCC(C)(N=O)[NH+]([NH-])CCN. The maximum atomic E-state index is 10.3. The van der Waals surface area contributed by atoms with E-state index < -0.39 is 5.66 Å². The summed E-state index contributed by atoms with van der Waals surface area (Å²) in [6.07, 6.45) is 0.565. The number of rotatable bonds is 5. The van der Waals surface area contributed by atoms with Crippen LogP contribution in [-0.2, 0) is 0 Å². The van der Waals surface area contributed by atoms with Gasteiger partial charge in [0.25, 0.3) is 0 Å². The van der Waals surface area contributed by atoms with Gasteiger partial charge in [0.1, 0.15) is 0 Å². The van der Waals surface area contributed by atoms with Gasteiger partial charge in [-0.15, -0.1) is 4.91 Å². The first-order valence-electron chi connectivity index (χ1n) is 3.73. The third-order valence-corrected chi connectivity index (χ3v) is 1.93. The molecule has 4 N–H and O–H groups in total. The quantitative estimate of drug-likeness (QED) is 0.427. The first kappa shape index (κ1) is 10.5. The zero-order valence-corrected chi connectivity index (χ0v) is 7.05. The van der Waals surface area contributed by atoms with Crippen molar-refractivity contribution in [3.05, 3.63) is 10.7 Å². The van der Waals surface area contributed by atoms with Crippen LogP contribution in [0.4, 0.5) is 0 Å². The average Bonchev–Trinajstić information content (AvgIpc) is 2.03. The molecule has 5 heteroatoms. The lowest BCUT2D eigenvalue weighted by atomic mass is 10.1. The molecule has 5 nitrogen and oxygen atoms in total. The molecule has 0 rings (SSSR count). The van der Waals surface area contributed by atoms with Gasteiger partial charge < -0.3 is 16.6 Å². The van der Waals surface area contributed by atoms with Crippen molar-refractivity contribution >= 4 is 0 Å². The lowest BCUT2D eigenvalue weighted by molar-refractivity contribution is -0.901.